The van der Waals surface area contributed by atoms with E-state index in [-0.39, 0.29) is 0 Å². The van der Waals surface area contributed by atoms with Gasteiger partial charge in [0.2, 0.25) is 0 Å². The van der Waals surface area contributed by atoms with Gasteiger partial charge in [-0.25, -0.2) is 4.98 Å². The van der Waals surface area contributed by atoms with Crippen molar-refractivity contribution in [3.05, 3.63) is 106 Å². The summed E-state index contributed by atoms with van der Waals surface area (Å²) in [6.45, 7) is 19.9. The molecule has 41 heavy (non-hydrogen) atoms. The molecule has 0 aliphatic rings. The number of rotatable bonds is 4. The Bertz CT molecular complexity index is 1840. The highest BCUT2D eigenvalue weighted by atomic mass is 15.0. The van der Waals surface area contributed by atoms with Gasteiger partial charge in [-0.2, -0.15) is 0 Å². The van der Waals surface area contributed by atoms with Crippen molar-refractivity contribution in [3.63, 3.8) is 0 Å². The molecule has 2 aromatic heterocycles. The molecule has 0 N–H and O–H groups in total. The Labute approximate surface area is 246 Å². The smallest absolute Gasteiger partial charge is 0.145 e. The van der Waals surface area contributed by atoms with Crippen LogP contribution in [-0.4, -0.2) is 9.38 Å². The van der Waals surface area contributed by atoms with Crippen LogP contribution >= 0.6 is 0 Å². The molecule has 0 bridgehead atoms. The van der Waals surface area contributed by atoms with E-state index in [0.717, 1.165) is 11.3 Å². The second kappa shape index (κ2) is 11.5. The lowest BCUT2D eigenvalue weighted by molar-refractivity contribution is 0.876. The maximum absolute atomic E-state index is 5.12. The third-order valence-electron chi connectivity index (χ3n) is 8.44. The second-order valence-corrected chi connectivity index (χ2v) is 12.0. The molecule has 0 aliphatic carbocycles. The Balaban J connectivity index is 0.000000794. The van der Waals surface area contributed by atoms with Crippen LogP contribution < -0.4 is 0 Å². The molecule has 6 rings (SSSR count). The van der Waals surface area contributed by atoms with Crippen molar-refractivity contribution in [2.45, 2.75) is 81.1 Å². The molecule has 2 nitrogen and oxygen atoms in total. The zero-order valence-electron chi connectivity index (χ0n) is 26.3. The molecular formula is C39H44N2. The van der Waals surface area contributed by atoms with E-state index in [9.17, 15) is 0 Å². The summed E-state index contributed by atoms with van der Waals surface area (Å²) in [6, 6.07) is 24.8. The molecule has 0 aliphatic heterocycles. The fraction of sp³-hybridized carbons (Fsp3) is 0.308. The van der Waals surface area contributed by atoms with Crippen LogP contribution in [0, 0.1) is 34.6 Å². The average molecular weight is 541 g/mol. The number of imidazole rings is 1. The van der Waals surface area contributed by atoms with Gasteiger partial charge in [-0.3, -0.25) is 4.40 Å². The van der Waals surface area contributed by atoms with E-state index >= 15 is 0 Å². The Hall–Kier alpha value is -3.91. The van der Waals surface area contributed by atoms with Crippen LogP contribution in [-0.2, 0) is 0 Å². The molecule has 2 heterocycles. The quantitative estimate of drug-likeness (QED) is 0.203. The Kier molecular flexibility index (Phi) is 8.04. The van der Waals surface area contributed by atoms with Crippen molar-refractivity contribution in [3.8, 4) is 22.4 Å². The highest BCUT2D eigenvalue weighted by Crippen LogP contribution is 2.40. The first-order valence-corrected chi connectivity index (χ1v) is 15.2. The monoisotopic (exact) mass is 540 g/mol. The fourth-order valence-electron chi connectivity index (χ4n) is 6.43. The van der Waals surface area contributed by atoms with Gasteiger partial charge in [-0.05, 0) is 90.9 Å². The SMILES string of the molecule is CCCC.Cc1cc(C)c(-c2cnc3c4c(C(C)C)cccc4c4ccc(-c5c(C)cccc5C)cc4n23)c(C)c1. The Morgan fingerprint density at radius 3 is 1.93 bits per heavy atom. The van der Waals surface area contributed by atoms with E-state index < -0.39 is 0 Å². The number of hydrogen-bond donors (Lipinski definition) is 0. The lowest BCUT2D eigenvalue weighted by Crippen LogP contribution is -2.00. The third kappa shape index (κ3) is 5.05. The number of unbranched alkanes of at least 4 members (excludes halogenated alkanes) is 1. The van der Waals surface area contributed by atoms with Gasteiger partial charge in [0.15, 0.2) is 0 Å². The van der Waals surface area contributed by atoms with Gasteiger partial charge in [0.1, 0.15) is 5.65 Å². The summed E-state index contributed by atoms with van der Waals surface area (Å²) in [5.74, 6) is 0.404. The highest BCUT2D eigenvalue weighted by Gasteiger charge is 2.20. The molecule has 0 atom stereocenters. The first-order chi connectivity index (χ1) is 19.7. The van der Waals surface area contributed by atoms with Crippen molar-refractivity contribution in [1.29, 1.82) is 0 Å². The molecule has 0 unspecified atom stereocenters. The van der Waals surface area contributed by atoms with E-state index in [1.165, 1.54) is 84.6 Å². The van der Waals surface area contributed by atoms with Crippen molar-refractivity contribution < 1.29 is 0 Å². The van der Waals surface area contributed by atoms with Crippen LogP contribution in [0.25, 0.3) is 49.7 Å². The van der Waals surface area contributed by atoms with Crippen LogP contribution in [0.2, 0.25) is 0 Å². The molecule has 2 heteroatoms. The van der Waals surface area contributed by atoms with Crippen LogP contribution in [0.5, 0.6) is 0 Å². The number of benzene rings is 4. The largest absolute Gasteiger partial charge is 0.292 e. The Morgan fingerprint density at radius 2 is 1.32 bits per heavy atom. The first-order valence-electron chi connectivity index (χ1n) is 15.2. The van der Waals surface area contributed by atoms with Crippen molar-refractivity contribution in [2.24, 2.45) is 0 Å². The molecule has 0 amide bonds. The minimum absolute atomic E-state index is 0.404. The number of nitrogens with zero attached hydrogens (tertiary/aromatic N) is 2. The van der Waals surface area contributed by atoms with Crippen LogP contribution in [0.1, 0.15) is 79.8 Å². The molecule has 6 aromatic rings. The maximum atomic E-state index is 5.12. The Morgan fingerprint density at radius 1 is 0.683 bits per heavy atom. The standard InChI is InChI=1S/C35H34N2.C4H10/c1-20(2)27-12-9-13-29-28-15-14-26(32-22(4)10-8-11-23(32)5)18-30(28)37-31(19-36-35(37)34(27)29)33-24(6)16-21(3)17-25(33)7;1-3-4-2/h8-20H,1-7H3;3-4H2,1-2H3. The molecule has 4 aromatic carbocycles. The third-order valence-corrected chi connectivity index (χ3v) is 8.44. The molecule has 210 valence electrons. The van der Waals surface area contributed by atoms with Crippen LogP contribution in [0.15, 0.2) is 72.9 Å². The zero-order valence-corrected chi connectivity index (χ0v) is 26.3. The van der Waals surface area contributed by atoms with Crippen LogP contribution in [0.4, 0.5) is 0 Å². The number of hydrogen-bond acceptors (Lipinski definition) is 1. The molecule has 0 spiro atoms. The number of pyridine rings is 1. The van der Waals surface area contributed by atoms with E-state index in [1.807, 2.05) is 0 Å². The van der Waals surface area contributed by atoms with Gasteiger partial charge in [-0.15, -0.1) is 0 Å². The maximum Gasteiger partial charge on any atom is 0.145 e. The lowest BCUT2D eigenvalue weighted by atomic mass is 9.92. The number of fused-ring (bicyclic) bond motifs is 6. The molecule has 0 radical (unpaired) electrons. The summed E-state index contributed by atoms with van der Waals surface area (Å²) in [5, 5.41) is 3.80. The molecule has 0 saturated carbocycles. The van der Waals surface area contributed by atoms with Crippen molar-refractivity contribution in [1.82, 2.24) is 9.38 Å². The summed E-state index contributed by atoms with van der Waals surface area (Å²) >= 11 is 0. The van der Waals surface area contributed by atoms with Gasteiger partial charge >= 0.3 is 0 Å². The van der Waals surface area contributed by atoms with E-state index in [0.29, 0.717) is 5.92 Å². The van der Waals surface area contributed by atoms with Crippen molar-refractivity contribution >= 4 is 27.3 Å². The highest BCUT2D eigenvalue weighted by molar-refractivity contribution is 6.14. The van der Waals surface area contributed by atoms with Gasteiger partial charge in [0, 0.05) is 16.3 Å². The second-order valence-electron chi connectivity index (χ2n) is 12.0. The van der Waals surface area contributed by atoms with Gasteiger partial charge in [0.05, 0.1) is 17.4 Å². The predicted octanol–water partition coefficient (Wildman–Crippen LogP) is 11.4. The summed E-state index contributed by atoms with van der Waals surface area (Å²) in [7, 11) is 0. The molecular weight excluding hydrogens is 496 g/mol. The van der Waals surface area contributed by atoms with Crippen molar-refractivity contribution in [2.75, 3.05) is 0 Å². The average Bonchev–Trinajstić information content (AvgIpc) is 3.37. The minimum Gasteiger partial charge on any atom is -0.292 e. The topological polar surface area (TPSA) is 17.3 Å². The lowest BCUT2D eigenvalue weighted by Gasteiger charge is -2.18. The minimum atomic E-state index is 0.404. The van der Waals surface area contributed by atoms with Gasteiger partial charge in [-0.1, -0.05) is 107 Å². The normalized spacial score (nSPS) is 11.5. The summed E-state index contributed by atoms with van der Waals surface area (Å²) in [4.78, 5) is 5.12. The van der Waals surface area contributed by atoms with E-state index in [4.69, 9.17) is 4.98 Å². The molecule has 0 saturated heterocycles. The van der Waals surface area contributed by atoms with Crippen LogP contribution in [0.3, 0.4) is 0 Å². The number of aryl methyl sites for hydroxylation is 5. The summed E-state index contributed by atoms with van der Waals surface area (Å²) < 4.78 is 2.42. The fourth-order valence-corrected chi connectivity index (χ4v) is 6.43. The summed E-state index contributed by atoms with van der Waals surface area (Å²) in [5.41, 5.74) is 15.1. The number of aromatic nitrogens is 2. The molecule has 0 fully saturated rings. The van der Waals surface area contributed by atoms with E-state index in [1.54, 1.807) is 0 Å². The van der Waals surface area contributed by atoms with E-state index in [2.05, 4.69) is 140 Å². The van der Waals surface area contributed by atoms with Gasteiger partial charge in [0.25, 0.3) is 0 Å². The zero-order chi connectivity index (χ0) is 29.4. The van der Waals surface area contributed by atoms with Gasteiger partial charge < -0.3 is 0 Å². The first kappa shape index (κ1) is 28.6. The predicted molar refractivity (Wildman–Crippen MR) is 179 cm³/mol. The summed E-state index contributed by atoms with van der Waals surface area (Å²) in [6.07, 6.45) is 4.72.